The second kappa shape index (κ2) is 10.7. The van der Waals surface area contributed by atoms with Crippen LogP contribution in [0.15, 0.2) is 47.1 Å². The lowest BCUT2D eigenvalue weighted by atomic mass is 9.95. The van der Waals surface area contributed by atoms with Gasteiger partial charge in [0.25, 0.3) is 0 Å². The van der Waals surface area contributed by atoms with Crippen molar-refractivity contribution < 1.29 is 23.6 Å². The molecule has 0 saturated carbocycles. The molecule has 154 valence electrons. The zero-order valence-corrected chi connectivity index (χ0v) is 16.8. The first-order valence-electron chi connectivity index (χ1n) is 8.65. The van der Waals surface area contributed by atoms with Gasteiger partial charge in [0.15, 0.2) is 5.78 Å². The largest absolute Gasteiger partial charge is 0.310 e. The first-order valence-corrected chi connectivity index (χ1v) is 8.65. The number of hydrazone groups is 2. The third kappa shape index (κ3) is 6.87. The average Bonchev–Trinajstić information content (AvgIpc) is 2.66. The van der Waals surface area contributed by atoms with E-state index in [2.05, 4.69) is 16.8 Å². The Balaban J connectivity index is 0.000000436. The highest BCUT2D eigenvalue weighted by Crippen LogP contribution is 2.11. The summed E-state index contributed by atoms with van der Waals surface area (Å²) in [6.07, 6.45) is 2.59. The van der Waals surface area contributed by atoms with Crippen molar-refractivity contribution in [2.45, 2.75) is 20.8 Å². The number of likely N-dealkylation sites (N-methyl/N-ethyl adjacent to an activating group) is 1. The molecular formula is C20H23FN4O4. The van der Waals surface area contributed by atoms with Crippen LogP contribution in [0.3, 0.4) is 0 Å². The highest BCUT2D eigenvalue weighted by molar-refractivity contribution is 6.55. The van der Waals surface area contributed by atoms with E-state index in [9.17, 15) is 23.6 Å². The summed E-state index contributed by atoms with van der Waals surface area (Å²) in [6.45, 7) is 7.96. The van der Waals surface area contributed by atoms with Gasteiger partial charge in [0.1, 0.15) is 17.4 Å². The van der Waals surface area contributed by atoms with Crippen molar-refractivity contribution in [3.63, 3.8) is 0 Å². The Kier molecular flexibility index (Phi) is 8.72. The predicted molar refractivity (Wildman–Crippen MR) is 107 cm³/mol. The van der Waals surface area contributed by atoms with Gasteiger partial charge in [-0.25, -0.2) is 14.4 Å². The molecule has 8 nitrogen and oxygen atoms in total. The number of amides is 2. The molecule has 0 aromatic heterocycles. The summed E-state index contributed by atoms with van der Waals surface area (Å²) in [5.41, 5.74) is 0.883. The van der Waals surface area contributed by atoms with Gasteiger partial charge in [0.2, 0.25) is 11.7 Å². The molecule has 0 N–H and O–H groups in total. The Morgan fingerprint density at radius 1 is 1.28 bits per heavy atom. The van der Waals surface area contributed by atoms with E-state index >= 15 is 0 Å². The van der Waals surface area contributed by atoms with Crippen LogP contribution in [0.25, 0.3) is 0 Å². The van der Waals surface area contributed by atoms with Gasteiger partial charge in [0, 0.05) is 27.1 Å². The van der Waals surface area contributed by atoms with Crippen LogP contribution in [0.2, 0.25) is 0 Å². The van der Waals surface area contributed by atoms with Gasteiger partial charge in [-0.15, -0.1) is 6.58 Å². The minimum atomic E-state index is -1.18. The Morgan fingerprint density at radius 2 is 1.86 bits per heavy atom. The first-order chi connectivity index (χ1) is 13.6. The molecule has 2 rings (SSSR count). The second-order valence-electron chi connectivity index (χ2n) is 6.16. The second-order valence-corrected chi connectivity index (χ2v) is 6.16. The van der Waals surface area contributed by atoms with Gasteiger partial charge >= 0.3 is 5.91 Å². The molecule has 1 aliphatic rings. The first kappa shape index (κ1) is 23.5. The fourth-order valence-electron chi connectivity index (χ4n) is 2.15. The van der Waals surface area contributed by atoms with Gasteiger partial charge in [-0.1, -0.05) is 23.8 Å². The standard InChI is InChI=1S/C13H16N4O4.C7H7F/c1-5-6-17(9(3)19)15-11(8(2)18)10-7-14-16(4)13(21)12(10)20;1-6-2-4-7(8)5-3-6/h5,7,10H,1,6H2,2-4H3;2-5H,1H3/b15-11+;. The number of aryl methyl sites for hydroxylation is 1. The van der Waals surface area contributed by atoms with E-state index < -0.39 is 29.3 Å². The predicted octanol–water partition coefficient (Wildman–Crippen LogP) is 1.74. The number of halogens is 1. The van der Waals surface area contributed by atoms with Gasteiger partial charge in [-0.3, -0.25) is 19.2 Å². The van der Waals surface area contributed by atoms with Crippen LogP contribution in [0.4, 0.5) is 4.39 Å². The van der Waals surface area contributed by atoms with Crippen molar-refractivity contribution >= 4 is 35.3 Å². The summed E-state index contributed by atoms with van der Waals surface area (Å²) in [7, 11) is 1.33. The minimum absolute atomic E-state index is 0.0814. The van der Waals surface area contributed by atoms with E-state index in [0.29, 0.717) is 0 Å². The SMILES string of the molecule is C=CCN(/N=C(\C(C)=O)C1C=NN(C)C(=O)C1=O)C(C)=O.Cc1ccc(F)cc1. The molecule has 1 unspecified atom stereocenters. The summed E-state index contributed by atoms with van der Waals surface area (Å²) in [6, 6.07) is 6.40. The summed E-state index contributed by atoms with van der Waals surface area (Å²) in [5.74, 6) is -3.95. The number of carbonyl (C=O) groups is 4. The third-order valence-corrected chi connectivity index (χ3v) is 3.74. The normalized spacial score (nSPS) is 16.1. The van der Waals surface area contributed by atoms with Crippen LogP contribution in [0, 0.1) is 18.7 Å². The molecule has 0 radical (unpaired) electrons. The maximum absolute atomic E-state index is 12.1. The summed E-state index contributed by atoms with van der Waals surface area (Å²) >= 11 is 0. The molecule has 9 heteroatoms. The fourth-order valence-corrected chi connectivity index (χ4v) is 2.15. The lowest BCUT2D eigenvalue weighted by molar-refractivity contribution is -0.144. The van der Waals surface area contributed by atoms with Crippen molar-refractivity contribution in [1.82, 2.24) is 10.0 Å². The van der Waals surface area contributed by atoms with E-state index in [4.69, 9.17) is 0 Å². The van der Waals surface area contributed by atoms with Crippen LogP contribution in [-0.4, -0.2) is 58.9 Å². The number of nitrogens with zero attached hydrogens (tertiary/aromatic N) is 4. The monoisotopic (exact) mass is 402 g/mol. The zero-order valence-electron chi connectivity index (χ0n) is 16.8. The number of Topliss-reactive ketones (excluding diaryl/α,β-unsaturated/α-hetero) is 2. The molecule has 29 heavy (non-hydrogen) atoms. The molecule has 1 atom stereocenters. The Bertz CT molecular complexity index is 841. The average molecular weight is 402 g/mol. The Morgan fingerprint density at radius 3 is 2.31 bits per heavy atom. The quantitative estimate of drug-likeness (QED) is 0.324. The molecule has 1 heterocycles. The van der Waals surface area contributed by atoms with Gasteiger partial charge in [-0.05, 0) is 19.1 Å². The molecule has 0 bridgehead atoms. The number of carbonyl (C=O) groups excluding carboxylic acids is 4. The summed E-state index contributed by atoms with van der Waals surface area (Å²) in [4.78, 5) is 46.7. The molecular weight excluding hydrogens is 379 g/mol. The summed E-state index contributed by atoms with van der Waals surface area (Å²) < 4.78 is 12.1. The lowest BCUT2D eigenvalue weighted by Crippen LogP contribution is -2.45. The number of benzene rings is 1. The third-order valence-electron chi connectivity index (χ3n) is 3.74. The Labute approximate surface area is 168 Å². The number of hydrogen-bond acceptors (Lipinski definition) is 6. The highest BCUT2D eigenvalue weighted by atomic mass is 19.1. The molecule has 1 aliphatic heterocycles. The maximum Gasteiger partial charge on any atom is 0.310 e. The summed E-state index contributed by atoms with van der Waals surface area (Å²) in [5, 5.41) is 9.49. The van der Waals surface area contributed by atoms with Crippen LogP contribution in [0.1, 0.15) is 19.4 Å². The zero-order chi connectivity index (χ0) is 22.1. The molecule has 0 spiro atoms. The van der Waals surface area contributed by atoms with Crippen LogP contribution < -0.4 is 0 Å². The van der Waals surface area contributed by atoms with Gasteiger partial charge in [0.05, 0.1) is 6.54 Å². The van der Waals surface area contributed by atoms with Crippen molar-refractivity contribution in [2.24, 2.45) is 16.1 Å². The van der Waals surface area contributed by atoms with E-state index in [1.807, 2.05) is 6.92 Å². The minimum Gasteiger partial charge on any atom is -0.293 e. The number of hydrogen-bond donors (Lipinski definition) is 0. The van der Waals surface area contributed by atoms with Crippen molar-refractivity contribution in [2.75, 3.05) is 13.6 Å². The van der Waals surface area contributed by atoms with E-state index in [1.165, 1.54) is 39.1 Å². The topological polar surface area (TPSA) is 99.5 Å². The smallest absolute Gasteiger partial charge is 0.293 e. The fraction of sp³-hybridized carbons (Fsp3) is 0.300. The molecule has 1 aromatic carbocycles. The number of ketones is 2. The number of rotatable bonds is 5. The van der Waals surface area contributed by atoms with E-state index in [-0.39, 0.29) is 18.1 Å². The van der Waals surface area contributed by atoms with Crippen molar-refractivity contribution in [3.8, 4) is 0 Å². The molecule has 1 aromatic rings. The molecule has 0 saturated heterocycles. The van der Waals surface area contributed by atoms with Crippen molar-refractivity contribution in [1.29, 1.82) is 0 Å². The highest BCUT2D eigenvalue weighted by Gasteiger charge is 2.36. The Hall–Kier alpha value is -3.49. The van der Waals surface area contributed by atoms with Crippen LogP contribution in [-0.2, 0) is 19.2 Å². The van der Waals surface area contributed by atoms with E-state index in [0.717, 1.165) is 21.8 Å². The molecule has 2 amide bonds. The molecule has 0 aliphatic carbocycles. The van der Waals surface area contributed by atoms with Gasteiger partial charge < -0.3 is 0 Å². The lowest BCUT2D eigenvalue weighted by Gasteiger charge is -2.22. The van der Waals surface area contributed by atoms with E-state index in [1.54, 1.807) is 12.1 Å². The van der Waals surface area contributed by atoms with Crippen LogP contribution >= 0.6 is 0 Å². The van der Waals surface area contributed by atoms with Gasteiger partial charge in [-0.2, -0.15) is 10.2 Å². The maximum atomic E-state index is 12.1. The van der Waals surface area contributed by atoms with Crippen molar-refractivity contribution in [3.05, 3.63) is 48.3 Å². The van der Waals surface area contributed by atoms with Crippen LogP contribution in [0.5, 0.6) is 0 Å². The molecule has 0 fully saturated rings.